The van der Waals surface area contributed by atoms with E-state index >= 15 is 0 Å². The molecule has 0 bridgehead atoms. The molecule has 0 radical (unpaired) electrons. The van der Waals surface area contributed by atoms with Crippen LogP contribution in [-0.4, -0.2) is 20.9 Å². The molecular weight excluding hydrogens is 415 g/mol. The number of nitrogens with one attached hydrogen (secondary N) is 1. The maximum Gasteiger partial charge on any atom is 0.264 e. The minimum Gasteiger partial charge on any atom is -0.324 e. The van der Waals surface area contributed by atoms with Gasteiger partial charge in [0, 0.05) is 5.69 Å². The van der Waals surface area contributed by atoms with Crippen LogP contribution in [-0.2, 0) is 14.8 Å². The first kappa shape index (κ1) is 22.5. The molecule has 162 valence electrons. The summed E-state index contributed by atoms with van der Waals surface area (Å²) in [6.07, 6.45) is 0. The Morgan fingerprint density at radius 2 is 1.42 bits per heavy atom. The number of amides is 1. The maximum atomic E-state index is 13.4. The van der Waals surface area contributed by atoms with Crippen molar-refractivity contribution in [3.8, 4) is 0 Å². The third kappa shape index (κ3) is 5.11. The average molecular weight is 441 g/mol. The largest absolute Gasteiger partial charge is 0.324 e. The van der Waals surface area contributed by atoms with Crippen molar-refractivity contribution in [1.82, 2.24) is 0 Å². The third-order valence-corrected chi connectivity index (χ3v) is 6.74. The maximum absolute atomic E-state index is 13.4. The highest BCUT2D eigenvalue weighted by molar-refractivity contribution is 7.92. The minimum atomic E-state index is -4.05. The van der Waals surface area contributed by atoms with Gasteiger partial charge in [-0.25, -0.2) is 12.8 Å². The standard InChI is InChI=1S/C24H25FN2O3S/c1-16-5-11-22(12-6-16)31(29,30)27(21-9-7-20(25)8-10-21)15-23(28)26-24-18(3)13-17(2)14-19(24)4/h5-14H,15H2,1-4H3,(H,26,28). The summed E-state index contributed by atoms with van der Waals surface area (Å²) in [7, 11) is -4.05. The lowest BCUT2D eigenvalue weighted by Crippen LogP contribution is -2.38. The van der Waals surface area contributed by atoms with Crippen molar-refractivity contribution in [3.63, 3.8) is 0 Å². The summed E-state index contributed by atoms with van der Waals surface area (Å²) < 4.78 is 41.1. The van der Waals surface area contributed by atoms with Gasteiger partial charge in [0.1, 0.15) is 12.4 Å². The molecule has 0 saturated heterocycles. The molecule has 0 unspecified atom stereocenters. The van der Waals surface area contributed by atoms with E-state index in [-0.39, 0.29) is 10.6 Å². The van der Waals surface area contributed by atoms with Crippen LogP contribution < -0.4 is 9.62 Å². The van der Waals surface area contributed by atoms with Gasteiger partial charge in [-0.15, -0.1) is 0 Å². The van der Waals surface area contributed by atoms with E-state index in [1.54, 1.807) is 12.1 Å². The Morgan fingerprint density at radius 3 is 1.97 bits per heavy atom. The van der Waals surface area contributed by atoms with E-state index in [1.165, 1.54) is 36.4 Å². The summed E-state index contributed by atoms with van der Waals surface area (Å²) in [5, 5.41) is 2.83. The third-order valence-electron chi connectivity index (χ3n) is 4.95. The molecule has 1 amide bonds. The Bertz CT molecular complexity index is 1180. The number of halogens is 1. The SMILES string of the molecule is Cc1ccc(S(=O)(=O)N(CC(=O)Nc2c(C)cc(C)cc2C)c2ccc(F)cc2)cc1. The Kier molecular flexibility index (Phi) is 6.45. The Morgan fingerprint density at radius 1 is 0.871 bits per heavy atom. The van der Waals surface area contributed by atoms with Crippen LogP contribution in [0.5, 0.6) is 0 Å². The molecule has 3 rings (SSSR count). The van der Waals surface area contributed by atoms with E-state index in [9.17, 15) is 17.6 Å². The van der Waals surface area contributed by atoms with Crippen molar-refractivity contribution in [1.29, 1.82) is 0 Å². The molecule has 0 heterocycles. The van der Waals surface area contributed by atoms with E-state index in [4.69, 9.17) is 0 Å². The minimum absolute atomic E-state index is 0.0536. The fourth-order valence-corrected chi connectivity index (χ4v) is 4.87. The van der Waals surface area contributed by atoms with Crippen molar-refractivity contribution >= 4 is 27.3 Å². The highest BCUT2D eigenvalue weighted by atomic mass is 32.2. The van der Waals surface area contributed by atoms with Gasteiger partial charge in [0.2, 0.25) is 5.91 Å². The molecule has 0 aromatic heterocycles. The molecule has 0 aliphatic rings. The summed E-state index contributed by atoms with van der Waals surface area (Å²) >= 11 is 0. The number of sulfonamides is 1. The number of benzene rings is 3. The van der Waals surface area contributed by atoms with Crippen LogP contribution in [0.3, 0.4) is 0 Å². The second kappa shape index (κ2) is 8.89. The van der Waals surface area contributed by atoms with Gasteiger partial charge >= 0.3 is 0 Å². The normalized spacial score (nSPS) is 11.3. The molecular formula is C24H25FN2O3S. The van der Waals surface area contributed by atoms with Crippen molar-refractivity contribution in [2.45, 2.75) is 32.6 Å². The molecule has 5 nitrogen and oxygen atoms in total. The number of hydrogen-bond donors (Lipinski definition) is 1. The van der Waals surface area contributed by atoms with Crippen LogP contribution in [0.25, 0.3) is 0 Å². The first-order valence-electron chi connectivity index (χ1n) is 9.80. The molecule has 0 aliphatic heterocycles. The molecule has 0 aliphatic carbocycles. The number of carbonyl (C=O) groups excluding carboxylic acids is 1. The fourth-order valence-electron chi connectivity index (χ4n) is 3.45. The summed E-state index contributed by atoms with van der Waals surface area (Å²) in [5.41, 5.74) is 4.62. The predicted molar refractivity (Wildman–Crippen MR) is 121 cm³/mol. The number of rotatable bonds is 6. The van der Waals surface area contributed by atoms with Crippen molar-refractivity contribution in [2.75, 3.05) is 16.2 Å². The molecule has 31 heavy (non-hydrogen) atoms. The number of nitrogens with zero attached hydrogens (tertiary/aromatic N) is 1. The molecule has 1 N–H and O–H groups in total. The first-order chi connectivity index (χ1) is 14.6. The Labute approximate surface area is 182 Å². The molecule has 3 aromatic carbocycles. The van der Waals surface area contributed by atoms with Crippen molar-refractivity contribution in [2.24, 2.45) is 0 Å². The second-order valence-electron chi connectivity index (χ2n) is 7.62. The molecule has 0 fully saturated rings. The van der Waals surface area contributed by atoms with Crippen LogP contribution in [0.15, 0.2) is 65.6 Å². The highest BCUT2D eigenvalue weighted by Crippen LogP contribution is 2.26. The van der Waals surface area contributed by atoms with E-state index in [1.807, 2.05) is 39.8 Å². The van der Waals surface area contributed by atoms with Gasteiger partial charge in [-0.1, -0.05) is 35.4 Å². The van der Waals surface area contributed by atoms with E-state index in [0.717, 1.165) is 26.6 Å². The summed E-state index contributed by atoms with van der Waals surface area (Å²) in [6, 6.07) is 15.3. The van der Waals surface area contributed by atoms with Crippen LogP contribution in [0.4, 0.5) is 15.8 Å². The topological polar surface area (TPSA) is 66.5 Å². The fraction of sp³-hybridized carbons (Fsp3) is 0.208. The van der Waals surface area contributed by atoms with Gasteiger partial charge in [-0.2, -0.15) is 0 Å². The predicted octanol–water partition coefficient (Wildman–Crippen LogP) is 4.89. The van der Waals surface area contributed by atoms with E-state index in [0.29, 0.717) is 5.69 Å². The van der Waals surface area contributed by atoms with Crippen LogP contribution in [0.1, 0.15) is 22.3 Å². The zero-order valence-corrected chi connectivity index (χ0v) is 18.8. The van der Waals surface area contributed by atoms with E-state index in [2.05, 4.69) is 5.32 Å². The van der Waals surface area contributed by atoms with Crippen molar-refractivity contribution in [3.05, 3.63) is 88.7 Å². The number of carbonyl (C=O) groups is 1. The molecule has 0 spiro atoms. The summed E-state index contributed by atoms with van der Waals surface area (Å²) in [4.78, 5) is 12.9. The lowest BCUT2D eigenvalue weighted by atomic mass is 10.1. The zero-order valence-electron chi connectivity index (χ0n) is 17.9. The molecule has 0 saturated carbocycles. The van der Waals surface area contributed by atoms with Crippen LogP contribution in [0.2, 0.25) is 0 Å². The lowest BCUT2D eigenvalue weighted by molar-refractivity contribution is -0.114. The van der Waals surface area contributed by atoms with E-state index < -0.39 is 28.3 Å². The second-order valence-corrected chi connectivity index (χ2v) is 9.49. The summed E-state index contributed by atoms with van der Waals surface area (Å²) in [5.74, 6) is -0.984. The smallest absolute Gasteiger partial charge is 0.264 e. The number of hydrogen-bond acceptors (Lipinski definition) is 3. The van der Waals surface area contributed by atoms with Gasteiger partial charge in [0.05, 0.1) is 10.6 Å². The van der Waals surface area contributed by atoms with Gasteiger partial charge in [0.25, 0.3) is 10.0 Å². The van der Waals surface area contributed by atoms with Crippen molar-refractivity contribution < 1.29 is 17.6 Å². The van der Waals surface area contributed by atoms with Gasteiger partial charge in [0.15, 0.2) is 0 Å². The van der Waals surface area contributed by atoms with Crippen LogP contribution in [0, 0.1) is 33.5 Å². The van der Waals surface area contributed by atoms with Gasteiger partial charge in [-0.3, -0.25) is 9.10 Å². The monoisotopic (exact) mass is 440 g/mol. The molecule has 3 aromatic rings. The highest BCUT2D eigenvalue weighted by Gasteiger charge is 2.27. The Hall–Kier alpha value is -3.19. The molecule has 7 heteroatoms. The quantitative estimate of drug-likeness (QED) is 0.593. The zero-order chi connectivity index (χ0) is 22.8. The Balaban J connectivity index is 1.96. The lowest BCUT2D eigenvalue weighted by Gasteiger charge is -2.24. The van der Waals surface area contributed by atoms with Gasteiger partial charge in [-0.05, 0) is 75.2 Å². The van der Waals surface area contributed by atoms with Crippen LogP contribution >= 0.6 is 0 Å². The number of aryl methyl sites for hydroxylation is 4. The average Bonchev–Trinajstić information content (AvgIpc) is 2.70. The summed E-state index contributed by atoms with van der Waals surface area (Å²) in [6.45, 7) is 7.14. The van der Waals surface area contributed by atoms with Gasteiger partial charge < -0.3 is 5.32 Å². The molecule has 0 atom stereocenters. The number of anilines is 2. The first-order valence-corrected chi connectivity index (χ1v) is 11.2.